The highest BCUT2D eigenvalue weighted by Gasteiger charge is 2.22. The number of benzene rings is 1. The number of hydroxylamine groups is 2. The van der Waals surface area contributed by atoms with Gasteiger partial charge in [0.15, 0.2) is 0 Å². The summed E-state index contributed by atoms with van der Waals surface area (Å²) in [6, 6.07) is 7.89. The zero-order chi connectivity index (χ0) is 20.8. The highest BCUT2D eigenvalue weighted by atomic mass is 16.7. The average molecular weight is 393 g/mol. The van der Waals surface area contributed by atoms with Crippen LogP contribution in [0.15, 0.2) is 47.2 Å². The van der Waals surface area contributed by atoms with E-state index in [0.717, 1.165) is 34.4 Å². The first-order chi connectivity index (χ1) is 14.0. The summed E-state index contributed by atoms with van der Waals surface area (Å²) in [6.45, 7) is 5.25. The van der Waals surface area contributed by atoms with Crippen molar-refractivity contribution >= 4 is 23.5 Å². The van der Waals surface area contributed by atoms with E-state index >= 15 is 0 Å². The van der Waals surface area contributed by atoms with Gasteiger partial charge in [-0.25, -0.2) is 10.1 Å². The van der Waals surface area contributed by atoms with Crippen LogP contribution in [-0.2, 0) is 16.2 Å². The van der Waals surface area contributed by atoms with Gasteiger partial charge in [0.1, 0.15) is 5.84 Å². The fourth-order valence-corrected chi connectivity index (χ4v) is 3.21. The molecule has 1 aromatic carbocycles. The van der Waals surface area contributed by atoms with Crippen LogP contribution in [0.2, 0.25) is 0 Å². The number of amidine groups is 1. The largest absolute Gasteiger partial charge is 0.387 e. The third-order valence-electron chi connectivity index (χ3n) is 4.57. The first-order valence-electron chi connectivity index (χ1n) is 9.82. The van der Waals surface area contributed by atoms with Crippen molar-refractivity contribution in [3.05, 3.63) is 53.4 Å². The molecule has 7 heteroatoms. The summed E-state index contributed by atoms with van der Waals surface area (Å²) in [5, 5.41) is 1.41. The summed E-state index contributed by atoms with van der Waals surface area (Å²) in [4.78, 5) is 27.2. The van der Waals surface area contributed by atoms with Crippen molar-refractivity contribution in [3.63, 3.8) is 0 Å². The standard InChI is InChI=1S/C22H27N5O2/c1-3-7-27(29-4-2)22(28)18-9-17-6-5-16(10-20(17)26-21(24)11-18)19-8-15(12-23)13-25-14-19/h5-6,8-10,13-14H,3-4,7,11-12,23H2,1-2H3,(H2,24,26). The van der Waals surface area contributed by atoms with Crippen LogP contribution in [0.3, 0.4) is 0 Å². The Kier molecular flexibility index (Phi) is 6.74. The van der Waals surface area contributed by atoms with Crippen LogP contribution in [0.4, 0.5) is 5.69 Å². The first kappa shape index (κ1) is 20.7. The van der Waals surface area contributed by atoms with Crippen molar-refractivity contribution in [1.82, 2.24) is 10.0 Å². The van der Waals surface area contributed by atoms with Gasteiger partial charge in [0.05, 0.1) is 12.3 Å². The fraction of sp³-hybridized carbons (Fsp3) is 0.318. The van der Waals surface area contributed by atoms with E-state index < -0.39 is 0 Å². The van der Waals surface area contributed by atoms with Crippen molar-refractivity contribution in [2.45, 2.75) is 33.2 Å². The molecule has 0 saturated heterocycles. The van der Waals surface area contributed by atoms with Crippen molar-refractivity contribution in [2.75, 3.05) is 13.2 Å². The van der Waals surface area contributed by atoms with E-state index in [1.807, 2.05) is 44.2 Å². The molecule has 1 amide bonds. The molecule has 0 spiro atoms. The van der Waals surface area contributed by atoms with Gasteiger partial charge in [0.25, 0.3) is 5.91 Å². The number of nitrogens with zero attached hydrogens (tertiary/aromatic N) is 3. The van der Waals surface area contributed by atoms with Gasteiger partial charge in [-0.05, 0) is 42.7 Å². The molecule has 4 N–H and O–H groups in total. The molecule has 0 fully saturated rings. The van der Waals surface area contributed by atoms with Gasteiger partial charge in [0.2, 0.25) is 0 Å². The van der Waals surface area contributed by atoms with Crippen LogP contribution < -0.4 is 11.5 Å². The molecule has 152 valence electrons. The van der Waals surface area contributed by atoms with E-state index in [-0.39, 0.29) is 12.3 Å². The number of aromatic nitrogens is 1. The lowest BCUT2D eigenvalue weighted by Gasteiger charge is -2.21. The second-order valence-electron chi connectivity index (χ2n) is 6.83. The second kappa shape index (κ2) is 9.45. The summed E-state index contributed by atoms with van der Waals surface area (Å²) in [5.41, 5.74) is 16.9. The van der Waals surface area contributed by atoms with Gasteiger partial charge < -0.3 is 11.5 Å². The van der Waals surface area contributed by atoms with Crippen LogP contribution in [-0.4, -0.2) is 34.9 Å². The zero-order valence-electron chi connectivity index (χ0n) is 16.9. The van der Waals surface area contributed by atoms with Crippen LogP contribution in [0.1, 0.15) is 37.8 Å². The van der Waals surface area contributed by atoms with Crippen LogP contribution in [0, 0.1) is 0 Å². The molecule has 2 heterocycles. The number of carbonyl (C=O) groups excluding carboxylic acids is 1. The van der Waals surface area contributed by atoms with Crippen molar-refractivity contribution in [3.8, 4) is 11.1 Å². The Labute approximate surface area is 171 Å². The molecule has 1 aromatic heterocycles. The average Bonchev–Trinajstić information content (AvgIpc) is 2.90. The number of hydrogen-bond donors (Lipinski definition) is 2. The third-order valence-corrected chi connectivity index (χ3v) is 4.57. The lowest BCUT2D eigenvalue weighted by molar-refractivity contribution is -0.180. The topological polar surface area (TPSA) is 107 Å². The number of amides is 1. The number of aliphatic imine (C=N–C) groups is 1. The predicted octanol–water partition coefficient (Wildman–Crippen LogP) is 3.17. The minimum Gasteiger partial charge on any atom is -0.387 e. The molecule has 2 aromatic rings. The Balaban J connectivity index is 1.97. The summed E-state index contributed by atoms with van der Waals surface area (Å²) in [7, 11) is 0. The summed E-state index contributed by atoms with van der Waals surface area (Å²) in [6.07, 6.45) is 6.48. The number of fused-ring (bicyclic) bond motifs is 1. The number of carbonyl (C=O) groups is 1. The second-order valence-corrected chi connectivity index (χ2v) is 6.83. The first-order valence-corrected chi connectivity index (χ1v) is 9.82. The molecule has 0 bridgehead atoms. The molecule has 3 rings (SSSR count). The van der Waals surface area contributed by atoms with E-state index in [0.29, 0.717) is 31.1 Å². The molecule has 7 nitrogen and oxygen atoms in total. The Bertz CT molecular complexity index is 946. The molecule has 1 aliphatic rings. The molecule has 1 aliphatic heterocycles. The monoisotopic (exact) mass is 393 g/mol. The number of rotatable bonds is 7. The maximum absolute atomic E-state index is 12.9. The molecule has 0 radical (unpaired) electrons. The van der Waals surface area contributed by atoms with Crippen LogP contribution >= 0.6 is 0 Å². The highest BCUT2D eigenvalue weighted by molar-refractivity contribution is 6.05. The SMILES string of the molecule is CCCN(OCC)C(=O)C1=Cc2ccc(-c3cncc(CN)c3)cc2N=C(N)C1. The molecule has 0 aliphatic carbocycles. The molecule has 29 heavy (non-hydrogen) atoms. The molecular formula is C22H27N5O2. The van der Waals surface area contributed by atoms with E-state index in [1.54, 1.807) is 12.4 Å². The van der Waals surface area contributed by atoms with Gasteiger partial charge in [-0.3, -0.25) is 14.6 Å². The number of nitrogens with two attached hydrogens (primary N) is 2. The van der Waals surface area contributed by atoms with E-state index in [2.05, 4.69) is 9.98 Å². The van der Waals surface area contributed by atoms with Crippen molar-refractivity contribution < 1.29 is 9.63 Å². The fourth-order valence-electron chi connectivity index (χ4n) is 3.21. The van der Waals surface area contributed by atoms with Gasteiger partial charge in [-0.1, -0.05) is 19.1 Å². The van der Waals surface area contributed by atoms with Crippen molar-refractivity contribution in [2.24, 2.45) is 16.5 Å². The molecular weight excluding hydrogens is 366 g/mol. The van der Waals surface area contributed by atoms with Crippen LogP contribution in [0.5, 0.6) is 0 Å². The van der Waals surface area contributed by atoms with E-state index in [9.17, 15) is 4.79 Å². The number of pyridine rings is 1. The van der Waals surface area contributed by atoms with E-state index in [1.165, 1.54) is 5.06 Å². The van der Waals surface area contributed by atoms with Gasteiger partial charge >= 0.3 is 0 Å². The van der Waals surface area contributed by atoms with E-state index in [4.69, 9.17) is 16.3 Å². The molecule has 0 saturated carbocycles. The normalized spacial score (nSPS) is 13.2. The maximum atomic E-state index is 12.9. The highest BCUT2D eigenvalue weighted by Crippen LogP contribution is 2.32. The third kappa shape index (κ3) is 4.88. The Hall–Kier alpha value is -3.03. The quantitative estimate of drug-likeness (QED) is 0.703. The van der Waals surface area contributed by atoms with Gasteiger partial charge in [0, 0.05) is 48.6 Å². The predicted molar refractivity (Wildman–Crippen MR) is 115 cm³/mol. The number of hydrogen-bond acceptors (Lipinski definition) is 6. The van der Waals surface area contributed by atoms with Crippen molar-refractivity contribution in [1.29, 1.82) is 0 Å². The minimum absolute atomic E-state index is 0.177. The summed E-state index contributed by atoms with van der Waals surface area (Å²) >= 11 is 0. The maximum Gasteiger partial charge on any atom is 0.273 e. The summed E-state index contributed by atoms with van der Waals surface area (Å²) in [5.74, 6) is 0.214. The molecule has 0 unspecified atom stereocenters. The zero-order valence-corrected chi connectivity index (χ0v) is 16.9. The Morgan fingerprint density at radius 2 is 2.03 bits per heavy atom. The summed E-state index contributed by atoms with van der Waals surface area (Å²) < 4.78 is 0. The lowest BCUT2D eigenvalue weighted by Crippen LogP contribution is -2.34. The Morgan fingerprint density at radius 3 is 2.76 bits per heavy atom. The smallest absolute Gasteiger partial charge is 0.273 e. The van der Waals surface area contributed by atoms with Crippen LogP contribution in [0.25, 0.3) is 17.2 Å². The molecule has 0 atom stereocenters. The van der Waals surface area contributed by atoms with Gasteiger partial charge in [-0.15, -0.1) is 0 Å². The Morgan fingerprint density at radius 1 is 1.21 bits per heavy atom. The minimum atomic E-state index is -0.177. The lowest BCUT2D eigenvalue weighted by atomic mass is 10.0. The van der Waals surface area contributed by atoms with Gasteiger partial charge in [-0.2, -0.15) is 0 Å².